The second kappa shape index (κ2) is 7.84. The molecule has 0 bridgehead atoms. The quantitative estimate of drug-likeness (QED) is 0.575. The number of hydrogen-bond acceptors (Lipinski definition) is 4. The van der Waals surface area contributed by atoms with Crippen LogP contribution >= 0.6 is 15.9 Å². The number of ether oxygens (including phenoxy) is 2. The Morgan fingerprint density at radius 2 is 1.70 bits per heavy atom. The van der Waals surface area contributed by atoms with E-state index in [1.165, 1.54) is 0 Å². The van der Waals surface area contributed by atoms with E-state index in [1.54, 1.807) is 41.9 Å². The van der Waals surface area contributed by atoms with Crippen LogP contribution in [0.2, 0.25) is 0 Å². The summed E-state index contributed by atoms with van der Waals surface area (Å²) in [6, 6.07) is 13.1. The topological polar surface area (TPSA) is 57.8 Å². The second-order valence-electron chi connectivity index (χ2n) is 5.90. The SMILES string of the molecule is COc1cc(Br)c(C=Nc2c(C)n(C)n(-c3ccccc3)c2=O)cc1OC. The first-order valence-corrected chi connectivity index (χ1v) is 9.06. The number of rotatable bonds is 5. The minimum atomic E-state index is -0.172. The molecule has 6 nitrogen and oxygen atoms in total. The summed E-state index contributed by atoms with van der Waals surface area (Å²) in [6.07, 6.45) is 1.64. The molecule has 2 aromatic carbocycles. The first-order chi connectivity index (χ1) is 13.0. The smallest absolute Gasteiger partial charge is 0.297 e. The summed E-state index contributed by atoms with van der Waals surface area (Å²) in [6.45, 7) is 1.87. The molecule has 0 fully saturated rings. The molecule has 27 heavy (non-hydrogen) atoms. The van der Waals surface area contributed by atoms with E-state index in [2.05, 4.69) is 20.9 Å². The molecule has 0 N–H and O–H groups in total. The molecule has 1 heterocycles. The largest absolute Gasteiger partial charge is 0.493 e. The summed E-state index contributed by atoms with van der Waals surface area (Å²) in [5.41, 5.74) is 2.57. The number of benzene rings is 2. The van der Waals surface area contributed by atoms with Crippen molar-refractivity contribution in [2.24, 2.45) is 12.0 Å². The van der Waals surface area contributed by atoms with Gasteiger partial charge in [-0.05, 0) is 47.1 Å². The molecule has 0 aliphatic rings. The number of halogens is 1. The Hall–Kier alpha value is -2.80. The molecule has 0 spiro atoms. The van der Waals surface area contributed by atoms with E-state index in [1.807, 2.05) is 44.3 Å². The highest BCUT2D eigenvalue weighted by molar-refractivity contribution is 9.10. The fraction of sp³-hybridized carbons (Fsp3) is 0.200. The highest BCUT2D eigenvalue weighted by Gasteiger charge is 2.15. The van der Waals surface area contributed by atoms with E-state index >= 15 is 0 Å². The molecule has 7 heteroatoms. The molecule has 140 valence electrons. The van der Waals surface area contributed by atoms with Crippen molar-refractivity contribution in [2.45, 2.75) is 6.92 Å². The van der Waals surface area contributed by atoms with Gasteiger partial charge in [-0.2, -0.15) is 0 Å². The van der Waals surface area contributed by atoms with Crippen LogP contribution in [0.1, 0.15) is 11.3 Å². The van der Waals surface area contributed by atoms with Gasteiger partial charge in [-0.3, -0.25) is 9.48 Å². The van der Waals surface area contributed by atoms with Crippen molar-refractivity contribution in [1.82, 2.24) is 9.36 Å². The normalized spacial score (nSPS) is 11.1. The molecular formula is C20H20BrN3O3. The maximum atomic E-state index is 12.9. The van der Waals surface area contributed by atoms with Crippen LogP contribution in [0.25, 0.3) is 5.69 Å². The van der Waals surface area contributed by atoms with Crippen molar-refractivity contribution in [3.63, 3.8) is 0 Å². The van der Waals surface area contributed by atoms with Gasteiger partial charge in [0.25, 0.3) is 5.56 Å². The van der Waals surface area contributed by atoms with Crippen molar-refractivity contribution in [1.29, 1.82) is 0 Å². The molecule has 0 aliphatic heterocycles. The van der Waals surface area contributed by atoms with Gasteiger partial charge in [0.05, 0.1) is 25.6 Å². The second-order valence-corrected chi connectivity index (χ2v) is 6.75. The van der Waals surface area contributed by atoms with Crippen molar-refractivity contribution in [3.05, 3.63) is 68.5 Å². The Morgan fingerprint density at radius 1 is 1.07 bits per heavy atom. The fourth-order valence-corrected chi connectivity index (χ4v) is 3.23. The van der Waals surface area contributed by atoms with Crippen LogP contribution in [0.15, 0.2) is 56.7 Å². The van der Waals surface area contributed by atoms with Crippen molar-refractivity contribution in [2.75, 3.05) is 14.2 Å². The maximum Gasteiger partial charge on any atom is 0.297 e. The summed E-state index contributed by atoms with van der Waals surface area (Å²) in [5.74, 6) is 1.21. The molecule has 1 aromatic heterocycles. The van der Waals surface area contributed by atoms with Crippen molar-refractivity contribution >= 4 is 27.8 Å². The zero-order valence-electron chi connectivity index (χ0n) is 15.6. The molecule has 3 aromatic rings. The lowest BCUT2D eigenvalue weighted by Gasteiger charge is -2.09. The molecule has 0 saturated carbocycles. The predicted molar refractivity (Wildman–Crippen MR) is 110 cm³/mol. The van der Waals surface area contributed by atoms with Gasteiger partial charge in [0.2, 0.25) is 0 Å². The zero-order chi connectivity index (χ0) is 19.6. The molecule has 0 aliphatic carbocycles. The van der Waals surface area contributed by atoms with Gasteiger partial charge in [-0.25, -0.2) is 9.67 Å². The Kier molecular flexibility index (Phi) is 5.51. The first-order valence-electron chi connectivity index (χ1n) is 8.27. The van der Waals surface area contributed by atoms with Crippen LogP contribution in [0.3, 0.4) is 0 Å². The van der Waals surface area contributed by atoms with Crippen LogP contribution < -0.4 is 15.0 Å². The molecular weight excluding hydrogens is 410 g/mol. The summed E-state index contributed by atoms with van der Waals surface area (Å²) >= 11 is 3.50. The van der Waals surface area contributed by atoms with E-state index < -0.39 is 0 Å². The Labute approximate surface area is 165 Å². The number of methoxy groups -OCH3 is 2. The third-order valence-corrected chi connectivity index (χ3v) is 5.05. The molecule has 0 radical (unpaired) electrons. The molecule has 0 unspecified atom stereocenters. The molecule has 0 amide bonds. The Morgan fingerprint density at radius 3 is 2.33 bits per heavy atom. The van der Waals surface area contributed by atoms with E-state index in [-0.39, 0.29) is 5.56 Å². The number of para-hydroxylation sites is 1. The lowest BCUT2D eigenvalue weighted by atomic mass is 10.2. The number of aliphatic imine (C=N–C) groups is 1. The summed E-state index contributed by atoms with van der Waals surface area (Å²) < 4.78 is 14.8. The van der Waals surface area contributed by atoms with Crippen molar-refractivity contribution < 1.29 is 9.47 Å². The van der Waals surface area contributed by atoms with Crippen molar-refractivity contribution in [3.8, 4) is 17.2 Å². The lowest BCUT2D eigenvalue weighted by Crippen LogP contribution is -2.19. The minimum Gasteiger partial charge on any atom is -0.493 e. The zero-order valence-corrected chi connectivity index (χ0v) is 17.1. The standard InChI is InChI=1S/C20H20BrN3O3/c1-13-19(20(25)24(23(13)2)15-8-6-5-7-9-15)22-12-14-10-17(26-3)18(27-4)11-16(14)21/h5-12H,1-4H3. The van der Waals surface area contributed by atoms with E-state index in [0.717, 1.165) is 21.4 Å². The van der Waals surface area contributed by atoms with Crippen LogP contribution in [-0.4, -0.2) is 29.8 Å². The minimum absolute atomic E-state index is 0.172. The van der Waals surface area contributed by atoms with Gasteiger partial charge < -0.3 is 9.47 Å². The maximum absolute atomic E-state index is 12.9. The Bertz CT molecular complexity index is 1050. The summed E-state index contributed by atoms with van der Waals surface area (Å²) in [7, 11) is 5.00. The third-order valence-electron chi connectivity index (χ3n) is 4.36. The highest BCUT2D eigenvalue weighted by atomic mass is 79.9. The molecule has 3 rings (SSSR count). The van der Waals surface area contributed by atoms with Crippen LogP contribution in [0.5, 0.6) is 11.5 Å². The predicted octanol–water partition coefficient (Wildman–Crippen LogP) is 4.01. The van der Waals surface area contributed by atoms with E-state index in [4.69, 9.17) is 9.47 Å². The van der Waals surface area contributed by atoms with Crippen LogP contribution in [-0.2, 0) is 7.05 Å². The molecule has 0 atom stereocenters. The van der Waals surface area contributed by atoms with Crippen LogP contribution in [0.4, 0.5) is 5.69 Å². The average Bonchev–Trinajstić information content (AvgIpc) is 2.90. The Balaban J connectivity index is 2.06. The van der Waals surface area contributed by atoms with Gasteiger partial charge >= 0.3 is 0 Å². The van der Waals surface area contributed by atoms with Gasteiger partial charge in [0.1, 0.15) is 0 Å². The number of hydrogen-bond donors (Lipinski definition) is 0. The summed E-state index contributed by atoms with van der Waals surface area (Å²) in [4.78, 5) is 17.4. The monoisotopic (exact) mass is 429 g/mol. The van der Waals surface area contributed by atoms with Gasteiger partial charge in [0, 0.05) is 23.3 Å². The third kappa shape index (κ3) is 3.55. The lowest BCUT2D eigenvalue weighted by molar-refractivity contribution is 0.354. The summed E-state index contributed by atoms with van der Waals surface area (Å²) in [5, 5.41) is 0. The number of aromatic nitrogens is 2. The van der Waals surface area contributed by atoms with Gasteiger partial charge in [-0.1, -0.05) is 18.2 Å². The molecule has 0 saturated heterocycles. The van der Waals surface area contributed by atoms with Gasteiger partial charge in [-0.15, -0.1) is 0 Å². The van der Waals surface area contributed by atoms with E-state index in [0.29, 0.717) is 17.2 Å². The first kappa shape index (κ1) is 19.0. The van der Waals surface area contributed by atoms with Gasteiger partial charge in [0.15, 0.2) is 17.2 Å². The fourth-order valence-electron chi connectivity index (χ4n) is 2.81. The highest BCUT2D eigenvalue weighted by Crippen LogP contribution is 2.32. The van der Waals surface area contributed by atoms with Crippen LogP contribution in [0, 0.1) is 6.92 Å². The van der Waals surface area contributed by atoms with E-state index in [9.17, 15) is 4.79 Å². The average molecular weight is 430 g/mol. The number of nitrogens with zero attached hydrogens (tertiary/aromatic N) is 3.